The van der Waals surface area contributed by atoms with Gasteiger partial charge in [0.15, 0.2) is 11.5 Å². The number of ether oxygens (including phenoxy) is 1. The molecule has 0 radical (unpaired) electrons. The normalized spacial score (nSPS) is 23.6. The van der Waals surface area contributed by atoms with Gasteiger partial charge in [-0.2, -0.15) is 13.2 Å². The summed E-state index contributed by atoms with van der Waals surface area (Å²) >= 11 is 0. The highest BCUT2D eigenvalue weighted by molar-refractivity contribution is 5.58. The molecule has 138 valence electrons. The minimum Gasteiger partial charge on any atom is -0.374 e. The number of pyridine rings is 1. The zero-order valence-electron chi connectivity index (χ0n) is 14.1. The molecule has 0 bridgehead atoms. The molecule has 1 saturated heterocycles. The van der Waals surface area contributed by atoms with Crippen LogP contribution in [0.2, 0.25) is 0 Å². The van der Waals surface area contributed by atoms with E-state index in [1.165, 1.54) is 12.4 Å². The first-order valence-electron chi connectivity index (χ1n) is 8.77. The standard InChI is InChI=1S/C18H19F3N4O/c19-18(20,21)15-11-16(24-17(23-15)12-5-7-22-8-6-12)25-9-10-26-14-4-2-1-3-13(14)25/h5-8,11,13-14H,1-4,9-10H2/t13-,14+/m0/s1. The first kappa shape index (κ1) is 17.2. The van der Waals surface area contributed by atoms with E-state index in [2.05, 4.69) is 15.0 Å². The predicted octanol–water partition coefficient (Wildman–Crippen LogP) is 3.71. The Morgan fingerprint density at radius 3 is 2.62 bits per heavy atom. The summed E-state index contributed by atoms with van der Waals surface area (Å²) in [6, 6.07) is 4.35. The minimum atomic E-state index is -4.53. The number of anilines is 1. The van der Waals surface area contributed by atoms with Crippen LogP contribution in [-0.4, -0.2) is 40.2 Å². The van der Waals surface area contributed by atoms with E-state index in [1.54, 1.807) is 12.1 Å². The number of aromatic nitrogens is 3. The van der Waals surface area contributed by atoms with E-state index < -0.39 is 11.9 Å². The van der Waals surface area contributed by atoms with Crippen molar-refractivity contribution < 1.29 is 17.9 Å². The van der Waals surface area contributed by atoms with Crippen LogP contribution in [0.1, 0.15) is 31.4 Å². The fourth-order valence-electron chi connectivity index (χ4n) is 3.74. The average Bonchev–Trinajstić information content (AvgIpc) is 2.67. The van der Waals surface area contributed by atoms with Gasteiger partial charge in [0.2, 0.25) is 0 Å². The Morgan fingerprint density at radius 2 is 1.85 bits per heavy atom. The molecule has 0 aromatic carbocycles. The van der Waals surface area contributed by atoms with Crippen LogP contribution in [0.15, 0.2) is 30.6 Å². The smallest absolute Gasteiger partial charge is 0.374 e. The molecule has 8 heteroatoms. The molecule has 0 N–H and O–H groups in total. The van der Waals surface area contributed by atoms with Crippen molar-refractivity contribution in [2.75, 3.05) is 18.1 Å². The lowest BCUT2D eigenvalue weighted by atomic mass is 9.90. The number of alkyl halides is 3. The van der Waals surface area contributed by atoms with Gasteiger partial charge in [0.05, 0.1) is 18.8 Å². The molecule has 1 aliphatic heterocycles. The summed E-state index contributed by atoms with van der Waals surface area (Å²) in [6.07, 6.45) is 2.55. The Labute approximate surface area is 149 Å². The lowest BCUT2D eigenvalue weighted by molar-refractivity contribution is -0.141. The molecule has 0 amide bonds. The van der Waals surface area contributed by atoms with E-state index >= 15 is 0 Å². The Hall–Kier alpha value is -2.22. The van der Waals surface area contributed by atoms with Gasteiger partial charge in [-0.3, -0.25) is 4.98 Å². The number of hydrogen-bond acceptors (Lipinski definition) is 5. The zero-order valence-corrected chi connectivity index (χ0v) is 14.1. The van der Waals surface area contributed by atoms with Crippen LogP contribution in [0.25, 0.3) is 11.4 Å². The third-order valence-corrected chi connectivity index (χ3v) is 4.97. The molecule has 2 fully saturated rings. The van der Waals surface area contributed by atoms with Gasteiger partial charge in [0.25, 0.3) is 0 Å². The molecule has 3 heterocycles. The van der Waals surface area contributed by atoms with Crippen molar-refractivity contribution in [1.29, 1.82) is 0 Å². The van der Waals surface area contributed by atoms with E-state index in [9.17, 15) is 13.2 Å². The molecule has 4 rings (SSSR count). The van der Waals surface area contributed by atoms with Crippen LogP contribution in [0, 0.1) is 0 Å². The van der Waals surface area contributed by atoms with Crippen molar-refractivity contribution in [2.24, 2.45) is 0 Å². The van der Waals surface area contributed by atoms with E-state index in [4.69, 9.17) is 4.74 Å². The van der Waals surface area contributed by atoms with Crippen LogP contribution in [0.5, 0.6) is 0 Å². The monoisotopic (exact) mass is 364 g/mol. The van der Waals surface area contributed by atoms with Gasteiger partial charge >= 0.3 is 6.18 Å². The molecule has 1 saturated carbocycles. The number of nitrogens with zero attached hydrogens (tertiary/aromatic N) is 4. The summed E-state index contributed by atoms with van der Waals surface area (Å²) in [5.41, 5.74) is -0.408. The lowest BCUT2D eigenvalue weighted by Crippen LogP contribution is -2.53. The van der Waals surface area contributed by atoms with Crippen molar-refractivity contribution in [3.8, 4) is 11.4 Å². The van der Waals surface area contributed by atoms with Crippen molar-refractivity contribution in [1.82, 2.24) is 15.0 Å². The second kappa shape index (κ2) is 6.83. The van der Waals surface area contributed by atoms with Gasteiger partial charge in [-0.1, -0.05) is 12.8 Å². The largest absolute Gasteiger partial charge is 0.433 e. The average molecular weight is 364 g/mol. The van der Waals surface area contributed by atoms with E-state index in [0.29, 0.717) is 24.5 Å². The van der Waals surface area contributed by atoms with Gasteiger partial charge in [-0.15, -0.1) is 0 Å². The van der Waals surface area contributed by atoms with Gasteiger partial charge in [0.1, 0.15) is 5.82 Å². The first-order valence-corrected chi connectivity index (χ1v) is 8.77. The maximum absolute atomic E-state index is 13.4. The van der Waals surface area contributed by atoms with Crippen LogP contribution in [0.3, 0.4) is 0 Å². The Kier molecular flexibility index (Phi) is 4.52. The second-order valence-electron chi connectivity index (χ2n) is 6.62. The van der Waals surface area contributed by atoms with Crippen molar-refractivity contribution >= 4 is 5.82 Å². The van der Waals surface area contributed by atoms with E-state index in [-0.39, 0.29) is 18.0 Å². The van der Waals surface area contributed by atoms with Crippen LogP contribution in [0.4, 0.5) is 19.0 Å². The van der Waals surface area contributed by atoms with Gasteiger partial charge in [0, 0.05) is 30.6 Å². The zero-order chi connectivity index (χ0) is 18.1. The highest BCUT2D eigenvalue weighted by Crippen LogP contribution is 2.35. The third-order valence-electron chi connectivity index (χ3n) is 4.97. The summed E-state index contributed by atoms with van der Waals surface area (Å²) < 4.78 is 46.1. The number of rotatable bonds is 2. The molecule has 1 aliphatic carbocycles. The maximum atomic E-state index is 13.4. The number of hydrogen-bond donors (Lipinski definition) is 0. The fourth-order valence-corrected chi connectivity index (χ4v) is 3.74. The first-order chi connectivity index (χ1) is 12.5. The minimum absolute atomic E-state index is 0.0613. The Balaban J connectivity index is 1.77. The van der Waals surface area contributed by atoms with Gasteiger partial charge < -0.3 is 9.64 Å². The summed E-state index contributed by atoms with van der Waals surface area (Å²) in [5.74, 6) is 0.385. The quantitative estimate of drug-likeness (QED) is 0.813. The van der Waals surface area contributed by atoms with Crippen LogP contribution in [-0.2, 0) is 10.9 Å². The topological polar surface area (TPSA) is 51.1 Å². The molecule has 0 unspecified atom stereocenters. The van der Waals surface area contributed by atoms with Gasteiger partial charge in [-0.25, -0.2) is 9.97 Å². The molecular formula is C18H19F3N4O. The Bertz CT molecular complexity index is 767. The fraction of sp³-hybridized carbons (Fsp3) is 0.500. The molecular weight excluding hydrogens is 345 g/mol. The highest BCUT2D eigenvalue weighted by atomic mass is 19.4. The van der Waals surface area contributed by atoms with E-state index in [1.807, 2.05) is 4.90 Å². The summed E-state index contributed by atoms with van der Waals surface area (Å²) in [7, 11) is 0. The van der Waals surface area contributed by atoms with Crippen LogP contribution < -0.4 is 4.90 Å². The van der Waals surface area contributed by atoms with Gasteiger partial charge in [-0.05, 0) is 25.0 Å². The molecule has 26 heavy (non-hydrogen) atoms. The molecule has 2 aromatic rings. The summed E-state index contributed by atoms with van der Waals surface area (Å²) in [4.78, 5) is 14.1. The molecule has 2 atom stereocenters. The predicted molar refractivity (Wildman–Crippen MR) is 89.6 cm³/mol. The maximum Gasteiger partial charge on any atom is 0.433 e. The molecule has 2 aromatic heterocycles. The number of halogens is 3. The SMILES string of the molecule is FC(F)(F)c1cc(N2CCO[C@@H]3CCCC[C@@H]32)nc(-c2ccncc2)n1. The number of morpholine rings is 1. The highest BCUT2D eigenvalue weighted by Gasteiger charge is 2.38. The second-order valence-corrected chi connectivity index (χ2v) is 6.62. The lowest BCUT2D eigenvalue weighted by Gasteiger charge is -2.44. The van der Waals surface area contributed by atoms with E-state index in [0.717, 1.165) is 31.7 Å². The molecule has 5 nitrogen and oxygen atoms in total. The van der Waals surface area contributed by atoms with Crippen molar-refractivity contribution in [3.05, 3.63) is 36.3 Å². The van der Waals surface area contributed by atoms with Crippen LogP contribution >= 0.6 is 0 Å². The summed E-state index contributed by atoms with van der Waals surface area (Å²) in [5, 5.41) is 0. The molecule has 2 aliphatic rings. The summed E-state index contributed by atoms with van der Waals surface area (Å²) in [6.45, 7) is 1.03. The third kappa shape index (κ3) is 3.38. The van der Waals surface area contributed by atoms with Crippen molar-refractivity contribution in [3.63, 3.8) is 0 Å². The Morgan fingerprint density at radius 1 is 1.08 bits per heavy atom. The van der Waals surface area contributed by atoms with Crippen molar-refractivity contribution in [2.45, 2.75) is 44.0 Å². The molecule has 0 spiro atoms. The number of fused-ring (bicyclic) bond motifs is 1.